The van der Waals surface area contributed by atoms with Crippen LogP contribution in [0, 0.1) is 11.8 Å². The topological polar surface area (TPSA) is 107 Å². The lowest BCUT2D eigenvalue weighted by Gasteiger charge is -2.20. The number of fused-ring (bicyclic) bond motifs is 1. The SMILES string of the molecule is CC(CN(C)C(=O)Nc1ccc2c(c1)C(=O)N(CC1CC1)C2=O)C(=O)O. The highest BCUT2D eigenvalue weighted by Gasteiger charge is 2.38. The molecule has 1 saturated carbocycles. The molecule has 138 valence electrons. The number of imide groups is 1. The van der Waals surface area contributed by atoms with E-state index in [2.05, 4.69) is 5.32 Å². The third-order valence-electron chi connectivity index (χ3n) is 4.68. The number of rotatable bonds is 6. The molecule has 8 nitrogen and oxygen atoms in total. The van der Waals surface area contributed by atoms with Crippen molar-refractivity contribution in [3.63, 3.8) is 0 Å². The summed E-state index contributed by atoms with van der Waals surface area (Å²) in [4.78, 5) is 50.4. The van der Waals surface area contributed by atoms with Gasteiger partial charge < -0.3 is 15.3 Å². The maximum atomic E-state index is 12.5. The minimum atomic E-state index is -0.984. The summed E-state index contributed by atoms with van der Waals surface area (Å²) in [6.45, 7) is 2.02. The number of hydrogen-bond acceptors (Lipinski definition) is 4. The molecule has 3 rings (SSSR count). The molecule has 1 heterocycles. The molecule has 2 N–H and O–H groups in total. The van der Waals surface area contributed by atoms with Gasteiger partial charge in [0.05, 0.1) is 17.0 Å². The van der Waals surface area contributed by atoms with Gasteiger partial charge in [0, 0.05) is 25.8 Å². The predicted molar refractivity (Wildman–Crippen MR) is 93.0 cm³/mol. The van der Waals surface area contributed by atoms with Crippen LogP contribution in [0.4, 0.5) is 10.5 Å². The first-order valence-corrected chi connectivity index (χ1v) is 8.53. The Kier molecular flexibility index (Phi) is 4.67. The minimum Gasteiger partial charge on any atom is -0.481 e. The number of aliphatic carboxylic acids is 1. The number of nitrogens with one attached hydrogen (secondary N) is 1. The van der Waals surface area contributed by atoms with Gasteiger partial charge in [-0.05, 0) is 37.0 Å². The number of amides is 4. The summed E-state index contributed by atoms with van der Waals surface area (Å²) in [5, 5.41) is 11.6. The number of benzene rings is 1. The summed E-state index contributed by atoms with van der Waals surface area (Å²) in [6, 6.07) is 4.12. The summed E-state index contributed by atoms with van der Waals surface area (Å²) in [5.74, 6) is -1.90. The Hall–Kier alpha value is -2.90. The highest BCUT2D eigenvalue weighted by molar-refractivity contribution is 6.21. The highest BCUT2D eigenvalue weighted by atomic mass is 16.4. The molecule has 0 radical (unpaired) electrons. The molecule has 2 aliphatic rings. The summed E-state index contributed by atoms with van der Waals surface area (Å²) in [6.07, 6.45) is 2.08. The van der Waals surface area contributed by atoms with E-state index in [0.29, 0.717) is 23.7 Å². The van der Waals surface area contributed by atoms with Gasteiger partial charge in [-0.25, -0.2) is 4.79 Å². The molecule has 0 bridgehead atoms. The molecule has 1 aromatic rings. The number of hydrogen-bond donors (Lipinski definition) is 2. The Morgan fingerprint density at radius 1 is 1.27 bits per heavy atom. The van der Waals surface area contributed by atoms with E-state index in [9.17, 15) is 19.2 Å². The van der Waals surface area contributed by atoms with E-state index in [0.717, 1.165) is 12.8 Å². The van der Waals surface area contributed by atoms with Crippen molar-refractivity contribution in [2.45, 2.75) is 19.8 Å². The smallest absolute Gasteiger partial charge is 0.321 e. The van der Waals surface area contributed by atoms with Crippen LogP contribution >= 0.6 is 0 Å². The highest BCUT2D eigenvalue weighted by Crippen LogP contribution is 2.33. The molecule has 4 amide bonds. The summed E-state index contributed by atoms with van der Waals surface area (Å²) < 4.78 is 0. The van der Waals surface area contributed by atoms with Crippen LogP contribution in [0.2, 0.25) is 0 Å². The lowest BCUT2D eigenvalue weighted by Crippen LogP contribution is -2.36. The monoisotopic (exact) mass is 359 g/mol. The number of carbonyl (C=O) groups is 4. The van der Waals surface area contributed by atoms with Crippen LogP contribution in [0.3, 0.4) is 0 Å². The number of carboxylic acids is 1. The number of nitrogens with zero attached hydrogens (tertiary/aromatic N) is 2. The standard InChI is InChI=1S/C18H21N3O5/c1-10(17(24)25)8-20(2)18(26)19-12-5-6-13-14(7-12)16(23)21(15(13)22)9-11-3-4-11/h5-7,10-11H,3-4,8-9H2,1-2H3,(H,19,26)(H,24,25). The van der Waals surface area contributed by atoms with Gasteiger partial charge in [0.15, 0.2) is 0 Å². The zero-order valence-corrected chi connectivity index (χ0v) is 14.7. The third kappa shape index (κ3) is 3.54. The van der Waals surface area contributed by atoms with Crippen LogP contribution in [-0.4, -0.2) is 58.9 Å². The average molecular weight is 359 g/mol. The van der Waals surface area contributed by atoms with Crippen molar-refractivity contribution in [1.29, 1.82) is 0 Å². The first-order valence-electron chi connectivity index (χ1n) is 8.53. The molecule has 1 aromatic carbocycles. The molecule has 1 unspecified atom stereocenters. The van der Waals surface area contributed by atoms with E-state index in [1.807, 2.05) is 0 Å². The van der Waals surface area contributed by atoms with E-state index in [1.165, 1.54) is 35.9 Å². The van der Waals surface area contributed by atoms with Crippen LogP contribution in [0.5, 0.6) is 0 Å². The largest absolute Gasteiger partial charge is 0.481 e. The first-order chi connectivity index (χ1) is 12.3. The second kappa shape index (κ2) is 6.78. The molecular formula is C18H21N3O5. The Balaban J connectivity index is 1.69. The molecule has 1 aliphatic heterocycles. The maximum absolute atomic E-state index is 12.5. The molecule has 26 heavy (non-hydrogen) atoms. The van der Waals surface area contributed by atoms with E-state index in [4.69, 9.17) is 5.11 Å². The fraction of sp³-hybridized carbons (Fsp3) is 0.444. The Morgan fingerprint density at radius 2 is 1.92 bits per heavy atom. The molecule has 1 aliphatic carbocycles. The van der Waals surface area contributed by atoms with Crippen molar-refractivity contribution >= 4 is 29.5 Å². The number of urea groups is 1. The summed E-state index contributed by atoms with van der Waals surface area (Å²) >= 11 is 0. The normalized spacial score (nSPS) is 17.1. The zero-order chi connectivity index (χ0) is 19.0. The molecule has 1 fully saturated rings. The average Bonchev–Trinajstić information content (AvgIpc) is 3.38. The van der Waals surface area contributed by atoms with Gasteiger partial charge >= 0.3 is 12.0 Å². The van der Waals surface area contributed by atoms with E-state index in [-0.39, 0.29) is 23.9 Å². The summed E-state index contributed by atoms with van der Waals surface area (Å²) in [5.41, 5.74) is 1.02. The van der Waals surface area contributed by atoms with Crippen LogP contribution < -0.4 is 5.32 Å². The molecule has 8 heteroatoms. The Morgan fingerprint density at radius 3 is 2.54 bits per heavy atom. The van der Waals surface area contributed by atoms with Gasteiger partial charge in [0.1, 0.15) is 0 Å². The van der Waals surface area contributed by atoms with Gasteiger partial charge in [-0.3, -0.25) is 19.3 Å². The van der Waals surface area contributed by atoms with Crippen molar-refractivity contribution in [2.75, 3.05) is 25.5 Å². The fourth-order valence-corrected chi connectivity index (χ4v) is 2.88. The van der Waals surface area contributed by atoms with Crippen molar-refractivity contribution in [3.8, 4) is 0 Å². The van der Waals surface area contributed by atoms with Crippen molar-refractivity contribution < 1.29 is 24.3 Å². The van der Waals surface area contributed by atoms with E-state index < -0.39 is 17.9 Å². The van der Waals surface area contributed by atoms with Crippen LogP contribution in [-0.2, 0) is 4.79 Å². The number of carboxylic acid groups (broad SMARTS) is 1. The van der Waals surface area contributed by atoms with Crippen molar-refractivity contribution in [2.24, 2.45) is 11.8 Å². The Labute approximate surface area is 150 Å². The molecular weight excluding hydrogens is 338 g/mol. The lowest BCUT2D eigenvalue weighted by molar-refractivity contribution is -0.141. The van der Waals surface area contributed by atoms with Gasteiger partial charge in [0.25, 0.3) is 11.8 Å². The predicted octanol–water partition coefficient (Wildman–Crippen LogP) is 1.88. The molecule has 0 aromatic heterocycles. The van der Waals surface area contributed by atoms with Gasteiger partial charge in [0.2, 0.25) is 0 Å². The van der Waals surface area contributed by atoms with Crippen LogP contribution in [0.1, 0.15) is 40.5 Å². The minimum absolute atomic E-state index is 0.0543. The second-order valence-corrected chi connectivity index (χ2v) is 6.97. The number of anilines is 1. The van der Waals surface area contributed by atoms with Gasteiger partial charge in [-0.1, -0.05) is 6.92 Å². The molecule has 0 spiro atoms. The number of carbonyl (C=O) groups excluding carboxylic acids is 3. The van der Waals surface area contributed by atoms with Crippen LogP contribution in [0.25, 0.3) is 0 Å². The second-order valence-electron chi connectivity index (χ2n) is 6.97. The van der Waals surface area contributed by atoms with Gasteiger partial charge in [-0.15, -0.1) is 0 Å². The Bertz CT molecular complexity index is 787. The van der Waals surface area contributed by atoms with Crippen LogP contribution in [0.15, 0.2) is 18.2 Å². The van der Waals surface area contributed by atoms with Crippen molar-refractivity contribution in [3.05, 3.63) is 29.3 Å². The maximum Gasteiger partial charge on any atom is 0.321 e. The zero-order valence-electron chi connectivity index (χ0n) is 14.7. The lowest BCUT2D eigenvalue weighted by atomic mass is 10.1. The quantitative estimate of drug-likeness (QED) is 0.754. The van der Waals surface area contributed by atoms with E-state index in [1.54, 1.807) is 6.07 Å². The first kappa shape index (κ1) is 17.9. The molecule has 1 atom stereocenters. The van der Waals surface area contributed by atoms with Gasteiger partial charge in [-0.2, -0.15) is 0 Å². The summed E-state index contributed by atoms with van der Waals surface area (Å²) in [7, 11) is 1.49. The fourth-order valence-electron chi connectivity index (χ4n) is 2.88. The van der Waals surface area contributed by atoms with E-state index >= 15 is 0 Å². The van der Waals surface area contributed by atoms with Crippen molar-refractivity contribution in [1.82, 2.24) is 9.80 Å². The molecule has 0 saturated heterocycles. The third-order valence-corrected chi connectivity index (χ3v) is 4.68.